The Morgan fingerprint density at radius 2 is 1.53 bits per heavy atom. The van der Waals surface area contributed by atoms with Crippen LogP contribution in [0.3, 0.4) is 0 Å². The largest absolute Gasteiger partial charge is 0.484 e. The first-order valence-electron chi connectivity index (χ1n) is 12.9. The molecule has 1 nitrogen and oxygen atoms in total. The van der Waals surface area contributed by atoms with Gasteiger partial charge in [0, 0.05) is 5.39 Å². The molecule has 0 atom stereocenters. The van der Waals surface area contributed by atoms with Crippen LogP contribution in [-0.4, -0.2) is 12.8 Å². The molecule has 36 heavy (non-hydrogen) atoms. The van der Waals surface area contributed by atoms with Gasteiger partial charge in [-0.25, -0.2) is 4.39 Å². The van der Waals surface area contributed by atoms with E-state index in [0.717, 1.165) is 35.6 Å². The Morgan fingerprint density at radius 1 is 0.833 bits per heavy atom. The molecule has 4 rings (SSSR count). The monoisotopic (exact) mass is 498 g/mol. The van der Waals surface area contributed by atoms with E-state index in [2.05, 4.69) is 18.7 Å². The molecule has 3 aromatic rings. The fraction of sp³-hybridized carbons (Fsp3) is 0.419. The number of allylic oxidation sites excluding steroid dienone is 1. The van der Waals surface area contributed by atoms with Crippen LogP contribution < -0.4 is 4.74 Å². The minimum atomic E-state index is -4.36. The fourth-order valence-corrected chi connectivity index (χ4v) is 5.29. The molecule has 1 fully saturated rings. The van der Waals surface area contributed by atoms with Gasteiger partial charge >= 0.3 is 6.18 Å². The Morgan fingerprint density at radius 3 is 2.22 bits per heavy atom. The number of halogens is 4. The lowest BCUT2D eigenvalue weighted by molar-refractivity contribution is -0.153. The molecule has 0 heterocycles. The predicted molar refractivity (Wildman–Crippen MR) is 138 cm³/mol. The first-order chi connectivity index (χ1) is 17.3. The lowest BCUT2D eigenvalue weighted by Crippen LogP contribution is -2.19. The van der Waals surface area contributed by atoms with Gasteiger partial charge < -0.3 is 4.74 Å². The molecule has 0 aromatic heterocycles. The molecular formula is C31H34F4O. The van der Waals surface area contributed by atoms with Crippen molar-refractivity contribution in [3.8, 4) is 5.75 Å². The van der Waals surface area contributed by atoms with Crippen molar-refractivity contribution < 1.29 is 22.3 Å². The second-order valence-corrected chi connectivity index (χ2v) is 10.1. The van der Waals surface area contributed by atoms with Gasteiger partial charge in [-0.3, -0.25) is 0 Å². The molecule has 3 aromatic carbocycles. The van der Waals surface area contributed by atoms with Crippen molar-refractivity contribution in [2.45, 2.75) is 64.0 Å². The Labute approximate surface area is 211 Å². The minimum absolute atomic E-state index is 0.171. The molecule has 1 aliphatic carbocycles. The first kappa shape index (κ1) is 26.2. The summed E-state index contributed by atoms with van der Waals surface area (Å²) in [7, 11) is 0. The van der Waals surface area contributed by atoms with E-state index in [1.807, 2.05) is 24.3 Å². The topological polar surface area (TPSA) is 9.23 Å². The van der Waals surface area contributed by atoms with Crippen LogP contribution >= 0.6 is 0 Å². The lowest BCUT2D eigenvalue weighted by atomic mass is 9.78. The van der Waals surface area contributed by atoms with Crippen molar-refractivity contribution in [2.75, 3.05) is 6.61 Å². The van der Waals surface area contributed by atoms with Gasteiger partial charge in [0.15, 0.2) is 6.61 Å². The molecule has 0 radical (unpaired) electrons. The SMILES string of the molecule is C=CCC1CCC(CCc2ccc3c(F)c(CCc4ccc(OCC(F)(F)F)cc4)ccc3c2)CC1. The molecule has 0 unspecified atom stereocenters. The van der Waals surface area contributed by atoms with Crippen LogP contribution in [0, 0.1) is 17.7 Å². The molecule has 1 saturated carbocycles. The summed E-state index contributed by atoms with van der Waals surface area (Å²) in [5, 5.41) is 1.56. The number of hydrogen-bond acceptors (Lipinski definition) is 1. The molecule has 1 aliphatic rings. The number of ether oxygens (including phenoxy) is 1. The van der Waals surface area contributed by atoms with Gasteiger partial charge in [0.05, 0.1) is 0 Å². The van der Waals surface area contributed by atoms with Crippen LogP contribution in [0.2, 0.25) is 0 Å². The van der Waals surface area contributed by atoms with Gasteiger partial charge in [-0.05, 0) is 91.0 Å². The van der Waals surface area contributed by atoms with E-state index in [0.29, 0.717) is 23.8 Å². The summed E-state index contributed by atoms with van der Waals surface area (Å²) in [4.78, 5) is 0. The fourth-order valence-electron chi connectivity index (χ4n) is 5.29. The summed E-state index contributed by atoms with van der Waals surface area (Å²) < 4.78 is 56.8. The minimum Gasteiger partial charge on any atom is -0.484 e. The highest BCUT2D eigenvalue weighted by molar-refractivity contribution is 5.84. The van der Waals surface area contributed by atoms with Crippen LogP contribution in [0.5, 0.6) is 5.75 Å². The third kappa shape index (κ3) is 7.35. The summed E-state index contributed by atoms with van der Waals surface area (Å²) in [6.45, 7) is 2.55. The Hall–Kier alpha value is -2.82. The Bertz CT molecular complexity index is 1140. The molecule has 5 heteroatoms. The zero-order chi connectivity index (χ0) is 25.5. The molecular weight excluding hydrogens is 464 g/mol. The second-order valence-electron chi connectivity index (χ2n) is 10.1. The maximum atomic E-state index is 15.2. The molecule has 0 spiro atoms. The van der Waals surface area contributed by atoms with E-state index in [-0.39, 0.29) is 11.6 Å². The maximum Gasteiger partial charge on any atom is 0.422 e. The van der Waals surface area contributed by atoms with Crippen LogP contribution in [-0.2, 0) is 19.3 Å². The van der Waals surface area contributed by atoms with E-state index >= 15 is 4.39 Å². The van der Waals surface area contributed by atoms with Crippen molar-refractivity contribution in [3.05, 3.63) is 89.8 Å². The van der Waals surface area contributed by atoms with Crippen LogP contribution in [0.15, 0.2) is 67.3 Å². The highest BCUT2D eigenvalue weighted by atomic mass is 19.4. The van der Waals surface area contributed by atoms with Crippen LogP contribution in [0.25, 0.3) is 10.8 Å². The highest BCUT2D eigenvalue weighted by Crippen LogP contribution is 2.34. The van der Waals surface area contributed by atoms with Gasteiger partial charge in [-0.2, -0.15) is 13.2 Å². The van der Waals surface area contributed by atoms with Crippen LogP contribution in [0.4, 0.5) is 17.6 Å². The molecule has 0 aliphatic heterocycles. The average Bonchev–Trinajstić information content (AvgIpc) is 2.87. The highest BCUT2D eigenvalue weighted by Gasteiger charge is 2.28. The van der Waals surface area contributed by atoms with E-state index in [1.54, 1.807) is 12.1 Å². The van der Waals surface area contributed by atoms with Gasteiger partial charge in [-0.1, -0.05) is 61.4 Å². The number of rotatable bonds is 10. The molecule has 0 amide bonds. The molecule has 0 bridgehead atoms. The van der Waals surface area contributed by atoms with Crippen LogP contribution in [0.1, 0.15) is 55.2 Å². The zero-order valence-corrected chi connectivity index (χ0v) is 20.6. The van der Waals surface area contributed by atoms with E-state index in [1.165, 1.54) is 49.8 Å². The van der Waals surface area contributed by atoms with E-state index in [4.69, 9.17) is 4.74 Å². The summed E-state index contributed by atoms with van der Waals surface area (Å²) >= 11 is 0. The standard InChI is InChI=1S/C31H34F4O/c1-2-3-22-4-6-23(7-5-22)8-9-25-13-19-29-27(20-25)16-15-26(30(29)32)14-10-24-11-17-28(18-12-24)36-21-31(33,34)35/h2,11-13,15-20,22-23H,1,3-10,14,21H2. The third-order valence-electron chi connectivity index (χ3n) is 7.41. The number of hydrogen-bond donors (Lipinski definition) is 0. The van der Waals surface area contributed by atoms with E-state index in [9.17, 15) is 13.2 Å². The quantitative estimate of drug-likeness (QED) is 0.200. The first-order valence-corrected chi connectivity index (χ1v) is 12.9. The van der Waals surface area contributed by atoms with Gasteiger partial charge in [0.2, 0.25) is 0 Å². The van der Waals surface area contributed by atoms with Crippen molar-refractivity contribution >= 4 is 10.8 Å². The summed E-state index contributed by atoms with van der Waals surface area (Å²) in [5.74, 6) is 1.58. The number of alkyl halides is 3. The number of aryl methyl sites for hydroxylation is 3. The van der Waals surface area contributed by atoms with Gasteiger partial charge in [-0.15, -0.1) is 6.58 Å². The molecule has 0 saturated heterocycles. The summed E-state index contributed by atoms with van der Waals surface area (Å²) in [5.41, 5.74) is 2.82. The predicted octanol–water partition coefficient (Wildman–Crippen LogP) is 9.02. The molecule has 0 N–H and O–H groups in total. The Kier molecular flexibility index (Phi) is 8.71. The third-order valence-corrected chi connectivity index (χ3v) is 7.41. The second kappa shape index (κ2) is 11.9. The summed E-state index contributed by atoms with van der Waals surface area (Å²) in [6.07, 6.45) is 7.34. The van der Waals surface area contributed by atoms with Crippen molar-refractivity contribution in [1.82, 2.24) is 0 Å². The zero-order valence-electron chi connectivity index (χ0n) is 20.6. The Balaban J connectivity index is 1.31. The smallest absolute Gasteiger partial charge is 0.422 e. The average molecular weight is 499 g/mol. The van der Waals surface area contributed by atoms with Gasteiger partial charge in [0.25, 0.3) is 0 Å². The number of fused-ring (bicyclic) bond motifs is 1. The maximum absolute atomic E-state index is 15.2. The summed E-state index contributed by atoms with van der Waals surface area (Å²) in [6, 6.07) is 16.4. The van der Waals surface area contributed by atoms with Gasteiger partial charge in [0.1, 0.15) is 11.6 Å². The van der Waals surface area contributed by atoms with Crippen molar-refractivity contribution in [1.29, 1.82) is 0 Å². The normalized spacial score (nSPS) is 18.3. The lowest BCUT2D eigenvalue weighted by Gasteiger charge is -2.27. The molecule has 192 valence electrons. The number of benzene rings is 3. The van der Waals surface area contributed by atoms with E-state index < -0.39 is 12.8 Å². The van der Waals surface area contributed by atoms with Crippen molar-refractivity contribution in [2.24, 2.45) is 11.8 Å². The van der Waals surface area contributed by atoms with Crippen molar-refractivity contribution in [3.63, 3.8) is 0 Å².